The SMILES string of the molecule is CN(C)CC1CCCN1c1ccc(CBr)cc1[N+](=O)[O-]. The zero-order valence-corrected chi connectivity index (χ0v) is 13.5. The molecule has 0 amide bonds. The minimum atomic E-state index is -0.271. The van der Waals surface area contributed by atoms with E-state index in [0.29, 0.717) is 11.4 Å². The van der Waals surface area contributed by atoms with Gasteiger partial charge in [-0.3, -0.25) is 10.1 Å². The molecule has 1 fully saturated rings. The lowest BCUT2D eigenvalue weighted by Gasteiger charge is -2.28. The average molecular weight is 342 g/mol. The molecule has 110 valence electrons. The number of nitro benzene ring substituents is 1. The van der Waals surface area contributed by atoms with Gasteiger partial charge in [0.15, 0.2) is 0 Å². The van der Waals surface area contributed by atoms with Crippen molar-refractivity contribution >= 4 is 27.3 Å². The summed E-state index contributed by atoms with van der Waals surface area (Å²) in [4.78, 5) is 15.4. The topological polar surface area (TPSA) is 49.6 Å². The largest absolute Gasteiger partial charge is 0.362 e. The number of likely N-dealkylation sites (N-methyl/N-ethyl adjacent to an activating group) is 1. The Morgan fingerprint density at radius 1 is 1.50 bits per heavy atom. The standard InChI is InChI=1S/C14H20BrN3O2/c1-16(2)10-12-4-3-7-17(12)13-6-5-11(9-15)8-14(13)18(19)20/h5-6,8,12H,3-4,7,9-10H2,1-2H3. The van der Waals surface area contributed by atoms with Crippen molar-refractivity contribution in [3.05, 3.63) is 33.9 Å². The summed E-state index contributed by atoms with van der Waals surface area (Å²) >= 11 is 3.35. The van der Waals surface area contributed by atoms with Gasteiger partial charge in [-0.25, -0.2) is 0 Å². The monoisotopic (exact) mass is 341 g/mol. The van der Waals surface area contributed by atoms with Crippen molar-refractivity contribution in [3.63, 3.8) is 0 Å². The molecule has 5 nitrogen and oxygen atoms in total. The molecule has 0 aromatic heterocycles. The highest BCUT2D eigenvalue weighted by Crippen LogP contribution is 2.34. The highest BCUT2D eigenvalue weighted by Gasteiger charge is 2.30. The fraction of sp³-hybridized carbons (Fsp3) is 0.571. The Morgan fingerprint density at radius 3 is 2.85 bits per heavy atom. The molecule has 1 aromatic carbocycles. The van der Waals surface area contributed by atoms with Crippen LogP contribution in [-0.2, 0) is 5.33 Å². The predicted molar refractivity (Wildman–Crippen MR) is 84.6 cm³/mol. The third-order valence-electron chi connectivity index (χ3n) is 3.65. The Morgan fingerprint density at radius 2 is 2.25 bits per heavy atom. The van der Waals surface area contributed by atoms with Crippen LogP contribution in [-0.4, -0.2) is 43.0 Å². The van der Waals surface area contributed by atoms with Crippen molar-refractivity contribution in [2.24, 2.45) is 0 Å². The van der Waals surface area contributed by atoms with E-state index in [1.165, 1.54) is 0 Å². The van der Waals surface area contributed by atoms with E-state index in [0.717, 1.165) is 37.2 Å². The first-order chi connectivity index (χ1) is 9.52. The molecule has 1 aliphatic rings. The van der Waals surface area contributed by atoms with Gasteiger partial charge in [0.25, 0.3) is 5.69 Å². The summed E-state index contributed by atoms with van der Waals surface area (Å²) in [5.41, 5.74) is 1.90. The molecule has 20 heavy (non-hydrogen) atoms. The van der Waals surface area contributed by atoms with Gasteiger partial charge in [0, 0.05) is 30.5 Å². The van der Waals surface area contributed by atoms with E-state index in [9.17, 15) is 10.1 Å². The number of rotatable bonds is 5. The van der Waals surface area contributed by atoms with Crippen LogP contribution in [0.15, 0.2) is 18.2 Å². The van der Waals surface area contributed by atoms with Crippen LogP contribution in [0.1, 0.15) is 18.4 Å². The zero-order valence-electron chi connectivity index (χ0n) is 11.9. The molecule has 1 atom stereocenters. The molecular formula is C14H20BrN3O2. The third-order valence-corrected chi connectivity index (χ3v) is 4.30. The molecule has 0 saturated carbocycles. The van der Waals surface area contributed by atoms with Crippen molar-refractivity contribution in [3.8, 4) is 0 Å². The van der Waals surface area contributed by atoms with Crippen molar-refractivity contribution in [2.45, 2.75) is 24.2 Å². The van der Waals surface area contributed by atoms with Crippen LogP contribution in [0.25, 0.3) is 0 Å². The van der Waals surface area contributed by atoms with Gasteiger partial charge >= 0.3 is 0 Å². The van der Waals surface area contributed by atoms with Crippen LogP contribution in [0.2, 0.25) is 0 Å². The second-order valence-electron chi connectivity index (χ2n) is 5.47. The first-order valence-corrected chi connectivity index (χ1v) is 7.89. The maximum atomic E-state index is 11.3. The number of nitro groups is 1. The molecule has 0 bridgehead atoms. The van der Waals surface area contributed by atoms with Crippen LogP contribution in [0.3, 0.4) is 0 Å². The maximum Gasteiger partial charge on any atom is 0.292 e. The Labute approximate surface area is 127 Å². The van der Waals surface area contributed by atoms with E-state index >= 15 is 0 Å². The van der Waals surface area contributed by atoms with Crippen LogP contribution < -0.4 is 4.90 Å². The number of benzene rings is 1. The van der Waals surface area contributed by atoms with Crippen molar-refractivity contribution in [1.29, 1.82) is 0 Å². The van der Waals surface area contributed by atoms with E-state index in [2.05, 4.69) is 25.7 Å². The van der Waals surface area contributed by atoms with Gasteiger partial charge in [0.1, 0.15) is 5.69 Å². The first-order valence-electron chi connectivity index (χ1n) is 6.77. The lowest BCUT2D eigenvalue weighted by Crippen LogP contribution is -2.37. The summed E-state index contributed by atoms with van der Waals surface area (Å²) in [5.74, 6) is 0. The smallest absolute Gasteiger partial charge is 0.292 e. The quantitative estimate of drug-likeness (QED) is 0.469. The normalized spacial score (nSPS) is 18.8. The molecule has 2 rings (SSSR count). The van der Waals surface area contributed by atoms with Gasteiger partial charge in [0.2, 0.25) is 0 Å². The van der Waals surface area contributed by atoms with E-state index in [1.54, 1.807) is 6.07 Å². The Hall–Kier alpha value is -1.14. The van der Waals surface area contributed by atoms with Gasteiger partial charge in [-0.05, 0) is 38.6 Å². The van der Waals surface area contributed by atoms with Gasteiger partial charge < -0.3 is 9.80 Å². The van der Waals surface area contributed by atoms with E-state index in [1.807, 2.05) is 26.2 Å². The summed E-state index contributed by atoms with van der Waals surface area (Å²) in [5, 5.41) is 12.0. The van der Waals surface area contributed by atoms with Crippen LogP contribution in [0, 0.1) is 10.1 Å². The summed E-state index contributed by atoms with van der Waals surface area (Å²) in [6.07, 6.45) is 2.19. The maximum absolute atomic E-state index is 11.3. The third kappa shape index (κ3) is 3.30. The second kappa shape index (κ2) is 6.54. The molecule has 1 aliphatic heterocycles. The van der Waals surface area contributed by atoms with Crippen LogP contribution in [0.5, 0.6) is 0 Å². The van der Waals surface area contributed by atoms with E-state index in [4.69, 9.17) is 0 Å². The first kappa shape index (κ1) is 15.3. The number of halogens is 1. The number of anilines is 1. The molecule has 1 heterocycles. The fourth-order valence-corrected chi connectivity index (χ4v) is 3.15. The summed E-state index contributed by atoms with van der Waals surface area (Å²) in [6.45, 7) is 1.82. The lowest BCUT2D eigenvalue weighted by atomic mass is 10.1. The van der Waals surface area contributed by atoms with E-state index < -0.39 is 0 Å². The molecule has 1 unspecified atom stereocenters. The lowest BCUT2D eigenvalue weighted by molar-refractivity contribution is -0.384. The van der Waals surface area contributed by atoms with Crippen molar-refractivity contribution < 1.29 is 4.92 Å². The molecule has 1 aromatic rings. The molecule has 1 saturated heterocycles. The number of alkyl halides is 1. The van der Waals surface area contributed by atoms with Crippen molar-refractivity contribution in [2.75, 3.05) is 32.1 Å². The highest BCUT2D eigenvalue weighted by molar-refractivity contribution is 9.08. The Balaban J connectivity index is 2.33. The van der Waals surface area contributed by atoms with Crippen molar-refractivity contribution in [1.82, 2.24) is 4.90 Å². The molecule has 0 radical (unpaired) electrons. The Bertz CT molecular complexity index is 493. The molecule has 0 N–H and O–H groups in total. The van der Waals surface area contributed by atoms with Gasteiger partial charge in [-0.15, -0.1) is 0 Å². The second-order valence-corrected chi connectivity index (χ2v) is 6.03. The minimum Gasteiger partial charge on any atom is -0.362 e. The molecule has 0 aliphatic carbocycles. The molecule has 6 heteroatoms. The highest BCUT2D eigenvalue weighted by atomic mass is 79.9. The Kier molecular flexibility index (Phi) is 4.99. The molecule has 0 spiro atoms. The number of hydrogen-bond donors (Lipinski definition) is 0. The van der Waals surface area contributed by atoms with E-state index in [-0.39, 0.29) is 10.6 Å². The van der Waals surface area contributed by atoms with Crippen LogP contribution in [0.4, 0.5) is 11.4 Å². The minimum absolute atomic E-state index is 0.215. The number of hydrogen-bond acceptors (Lipinski definition) is 4. The summed E-state index contributed by atoms with van der Waals surface area (Å²) in [6, 6.07) is 5.89. The van der Waals surface area contributed by atoms with Gasteiger partial charge in [0.05, 0.1) is 4.92 Å². The molecular weight excluding hydrogens is 322 g/mol. The van der Waals surface area contributed by atoms with Gasteiger partial charge in [-0.1, -0.05) is 22.0 Å². The van der Waals surface area contributed by atoms with Gasteiger partial charge in [-0.2, -0.15) is 0 Å². The number of nitrogens with zero attached hydrogens (tertiary/aromatic N) is 3. The zero-order chi connectivity index (χ0) is 14.7. The predicted octanol–water partition coefficient (Wildman–Crippen LogP) is 3.02. The average Bonchev–Trinajstić information content (AvgIpc) is 2.85. The fourth-order valence-electron chi connectivity index (χ4n) is 2.81. The van der Waals surface area contributed by atoms with Crippen LogP contribution >= 0.6 is 15.9 Å². The summed E-state index contributed by atoms with van der Waals surface area (Å²) in [7, 11) is 4.08. The summed E-state index contributed by atoms with van der Waals surface area (Å²) < 4.78 is 0.